The van der Waals surface area contributed by atoms with Crippen LogP contribution >= 0.6 is 0 Å². The number of rotatable bonds is 28. The number of carbonyl (C=O) groups is 1. The molecular formula is C31H60O4. The zero-order chi connectivity index (χ0) is 25.7. The van der Waals surface area contributed by atoms with Crippen LogP contribution in [0.15, 0.2) is 12.2 Å². The molecule has 0 aliphatic carbocycles. The normalized spacial score (nSPS) is 12.4. The van der Waals surface area contributed by atoms with Crippen molar-refractivity contribution in [3.8, 4) is 0 Å². The van der Waals surface area contributed by atoms with Gasteiger partial charge in [0.2, 0.25) is 0 Å². The lowest BCUT2D eigenvalue weighted by Crippen LogP contribution is -2.27. The van der Waals surface area contributed by atoms with E-state index in [2.05, 4.69) is 26.0 Å². The smallest absolute Gasteiger partial charge is 0.306 e. The van der Waals surface area contributed by atoms with Crippen molar-refractivity contribution >= 4 is 5.97 Å². The molecule has 0 saturated heterocycles. The topological polar surface area (TPSA) is 55.8 Å². The highest BCUT2D eigenvalue weighted by molar-refractivity contribution is 5.69. The van der Waals surface area contributed by atoms with Crippen LogP contribution in [-0.2, 0) is 14.3 Å². The van der Waals surface area contributed by atoms with Crippen molar-refractivity contribution in [2.45, 2.75) is 161 Å². The third kappa shape index (κ3) is 27.6. The van der Waals surface area contributed by atoms with Crippen LogP contribution in [0.4, 0.5) is 0 Å². The number of aliphatic hydroxyl groups is 1. The molecule has 0 radical (unpaired) electrons. The SMILES string of the molecule is CCC/C=C\CCCCCCCC(=O)OC(CO)COCCCCCCCCCCCCCCC. The molecule has 0 aliphatic rings. The minimum atomic E-state index is -0.528. The fourth-order valence-corrected chi connectivity index (χ4v) is 4.27. The van der Waals surface area contributed by atoms with E-state index in [1.807, 2.05) is 0 Å². The molecule has 0 bridgehead atoms. The van der Waals surface area contributed by atoms with E-state index in [-0.39, 0.29) is 12.6 Å². The summed E-state index contributed by atoms with van der Waals surface area (Å²) in [7, 11) is 0. The monoisotopic (exact) mass is 496 g/mol. The minimum Gasteiger partial charge on any atom is -0.457 e. The van der Waals surface area contributed by atoms with Gasteiger partial charge in [-0.25, -0.2) is 0 Å². The van der Waals surface area contributed by atoms with Gasteiger partial charge < -0.3 is 14.6 Å². The molecule has 0 amide bonds. The summed E-state index contributed by atoms with van der Waals surface area (Å²) in [6.07, 6.45) is 30.9. The van der Waals surface area contributed by atoms with Crippen LogP contribution in [0, 0.1) is 0 Å². The number of hydrogen-bond donors (Lipinski definition) is 1. The van der Waals surface area contributed by atoms with Gasteiger partial charge in [0.05, 0.1) is 13.2 Å². The fraction of sp³-hybridized carbons (Fsp3) is 0.903. The summed E-state index contributed by atoms with van der Waals surface area (Å²) < 4.78 is 11.0. The van der Waals surface area contributed by atoms with Crippen molar-refractivity contribution in [3.05, 3.63) is 12.2 Å². The Morgan fingerprint density at radius 2 is 1.17 bits per heavy atom. The lowest BCUT2D eigenvalue weighted by atomic mass is 10.0. The van der Waals surface area contributed by atoms with E-state index in [9.17, 15) is 9.90 Å². The summed E-state index contributed by atoms with van der Waals surface area (Å²) in [5.41, 5.74) is 0. The average Bonchev–Trinajstić information content (AvgIpc) is 2.86. The molecule has 35 heavy (non-hydrogen) atoms. The summed E-state index contributed by atoms with van der Waals surface area (Å²) >= 11 is 0. The molecule has 0 fully saturated rings. The summed E-state index contributed by atoms with van der Waals surface area (Å²) in [5.74, 6) is -0.212. The highest BCUT2D eigenvalue weighted by atomic mass is 16.6. The molecule has 0 aromatic rings. The van der Waals surface area contributed by atoms with Gasteiger partial charge in [0.15, 0.2) is 0 Å². The van der Waals surface area contributed by atoms with Gasteiger partial charge in [-0.2, -0.15) is 0 Å². The zero-order valence-corrected chi connectivity index (χ0v) is 23.6. The maximum absolute atomic E-state index is 12.0. The molecule has 0 aromatic heterocycles. The molecule has 1 unspecified atom stereocenters. The Kier molecular flexibility index (Phi) is 28.6. The molecular weight excluding hydrogens is 436 g/mol. The third-order valence-electron chi connectivity index (χ3n) is 6.57. The Morgan fingerprint density at radius 3 is 1.74 bits per heavy atom. The van der Waals surface area contributed by atoms with Crippen LogP contribution in [-0.4, -0.2) is 37.0 Å². The predicted octanol–water partition coefficient (Wildman–Crippen LogP) is 9.09. The maximum atomic E-state index is 12.0. The van der Waals surface area contributed by atoms with Gasteiger partial charge in [-0.15, -0.1) is 0 Å². The van der Waals surface area contributed by atoms with Crippen molar-refractivity contribution in [1.29, 1.82) is 0 Å². The second-order valence-corrected chi connectivity index (χ2v) is 10.2. The van der Waals surface area contributed by atoms with Crippen LogP contribution in [0.25, 0.3) is 0 Å². The maximum Gasteiger partial charge on any atom is 0.306 e. The first-order chi connectivity index (χ1) is 17.2. The highest BCUT2D eigenvalue weighted by Gasteiger charge is 2.13. The van der Waals surface area contributed by atoms with E-state index < -0.39 is 6.10 Å². The van der Waals surface area contributed by atoms with Gasteiger partial charge in [-0.05, 0) is 32.1 Å². The number of carbonyl (C=O) groups excluding carboxylic acids is 1. The quantitative estimate of drug-likeness (QED) is 0.0666. The van der Waals surface area contributed by atoms with Crippen LogP contribution < -0.4 is 0 Å². The van der Waals surface area contributed by atoms with Gasteiger partial charge in [0, 0.05) is 13.0 Å². The zero-order valence-electron chi connectivity index (χ0n) is 23.6. The first kappa shape index (κ1) is 34.1. The van der Waals surface area contributed by atoms with E-state index in [1.165, 1.54) is 116 Å². The van der Waals surface area contributed by atoms with Crippen molar-refractivity contribution in [2.24, 2.45) is 0 Å². The Bertz CT molecular complexity index is 449. The molecule has 0 saturated carbocycles. The summed E-state index contributed by atoms with van der Waals surface area (Å²) in [6.45, 7) is 5.28. The molecule has 1 atom stereocenters. The van der Waals surface area contributed by atoms with Crippen molar-refractivity contribution < 1.29 is 19.4 Å². The molecule has 0 aromatic carbocycles. The number of allylic oxidation sites excluding steroid dienone is 2. The van der Waals surface area contributed by atoms with E-state index in [0.29, 0.717) is 19.6 Å². The van der Waals surface area contributed by atoms with E-state index in [4.69, 9.17) is 9.47 Å². The molecule has 208 valence electrons. The average molecular weight is 497 g/mol. The number of aliphatic hydroxyl groups excluding tert-OH is 1. The van der Waals surface area contributed by atoms with Crippen molar-refractivity contribution in [2.75, 3.05) is 19.8 Å². The molecule has 4 heteroatoms. The van der Waals surface area contributed by atoms with Gasteiger partial charge in [0.1, 0.15) is 6.10 Å². The number of hydrogen-bond acceptors (Lipinski definition) is 4. The van der Waals surface area contributed by atoms with E-state index in [1.54, 1.807) is 0 Å². The van der Waals surface area contributed by atoms with Gasteiger partial charge in [0.25, 0.3) is 0 Å². The first-order valence-electron chi connectivity index (χ1n) is 15.3. The molecule has 1 N–H and O–H groups in total. The van der Waals surface area contributed by atoms with Crippen LogP contribution in [0.5, 0.6) is 0 Å². The molecule has 0 heterocycles. The first-order valence-corrected chi connectivity index (χ1v) is 15.3. The number of ether oxygens (including phenoxy) is 2. The van der Waals surface area contributed by atoms with E-state index >= 15 is 0 Å². The van der Waals surface area contributed by atoms with Gasteiger partial charge >= 0.3 is 5.97 Å². The lowest BCUT2D eigenvalue weighted by Gasteiger charge is -2.15. The van der Waals surface area contributed by atoms with Crippen LogP contribution in [0.2, 0.25) is 0 Å². The van der Waals surface area contributed by atoms with Gasteiger partial charge in [-0.3, -0.25) is 4.79 Å². The molecule has 4 nitrogen and oxygen atoms in total. The lowest BCUT2D eigenvalue weighted by molar-refractivity contribution is -0.154. The number of esters is 1. The van der Waals surface area contributed by atoms with Crippen LogP contribution in [0.3, 0.4) is 0 Å². The van der Waals surface area contributed by atoms with Gasteiger partial charge in [-0.1, -0.05) is 129 Å². The highest BCUT2D eigenvalue weighted by Crippen LogP contribution is 2.13. The summed E-state index contributed by atoms with van der Waals surface area (Å²) in [6, 6.07) is 0. The number of unbranched alkanes of at least 4 members (excludes halogenated alkanes) is 18. The van der Waals surface area contributed by atoms with Crippen molar-refractivity contribution in [1.82, 2.24) is 0 Å². The molecule has 0 spiro atoms. The Hall–Kier alpha value is -0.870. The van der Waals surface area contributed by atoms with Crippen molar-refractivity contribution in [3.63, 3.8) is 0 Å². The van der Waals surface area contributed by atoms with Crippen LogP contribution in [0.1, 0.15) is 155 Å². The standard InChI is InChI=1S/C31H60O4/c1-3-5-7-9-11-13-15-16-17-19-21-23-25-27-34-29-30(28-32)35-31(33)26-24-22-20-18-14-12-10-8-6-4-2/h8,10,30,32H,3-7,9,11-29H2,1-2H3/b10-8-. The molecule has 0 rings (SSSR count). The fourth-order valence-electron chi connectivity index (χ4n) is 4.27. The predicted molar refractivity (Wildman–Crippen MR) is 150 cm³/mol. The third-order valence-corrected chi connectivity index (χ3v) is 6.57. The summed E-state index contributed by atoms with van der Waals surface area (Å²) in [5, 5.41) is 9.47. The Labute approximate surface area is 218 Å². The summed E-state index contributed by atoms with van der Waals surface area (Å²) in [4.78, 5) is 12.0. The largest absolute Gasteiger partial charge is 0.457 e. The second kappa shape index (κ2) is 29.4. The van der Waals surface area contributed by atoms with E-state index in [0.717, 1.165) is 19.3 Å². The second-order valence-electron chi connectivity index (χ2n) is 10.2. The Balaban J connectivity index is 3.43. The Morgan fingerprint density at radius 1 is 0.657 bits per heavy atom. The molecule has 0 aliphatic heterocycles. The minimum absolute atomic E-state index is 0.171.